The monoisotopic (exact) mass is 454 g/mol. The van der Waals surface area contributed by atoms with Crippen molar-refractivity contribution in [1.82, 2.24) is 0 Å². The molecule has 7 nitrogen and oxygen atoms in total. The Morgan fingerprint density at radius 3 is 2.53 bits per heavy atom. The van der Waals surface area contributed by atoms with Crippen LogP contribution in [0.5, 0.6) is 0 Å². The summed E-state index contributed by atoms with van der Waals surface area (Å²) in [4.78, 5) is 11.0. The molecule has 0 aromatic heterocycles. The number of carboxylic acids is 1. The van der Waals surface area contributed by atoms with Gasteiger partial charge in [-0.2, -0.15) is 0 Å². The van der Waals surface area contributed by atoms with Gasteiger partial charge in [-0.05, 0) is 38.7 Å². The number of aliphatic hydroxyl groups excluding tert-OH is 2. The predicted molar refractivity (Wildman–Crippen MR) is 122 cm³/mol. The Morgan fingerprint density at radius 1 is 1.31 bits per heavy atom. The summed E-state index contributed by atoms with van der Waals surface area (Å²) < 4.78 is 17.5. The van der Waals surface area contributed by atoms with Crippen LogP contribution in [-0.4, -0.2) is 70.6 Å². The van der Waals surface area contributed by atoms with Crippen LogP contribution < -0.4 is 0 Å². The van der Waals surface area contributed by atoms with Gasteiger partial charge < -0.3 is 29.5 Å². The molecule has 0 aromatic rings. The van der Waals surface area contributed by atoms with Crippen LogP contribution in [0, 0.1) is 17.8 Å². The van der Waals surface area contributed by atoms with Gasteiger partial charge in [0.25, 0.3) is 0 Å². The van der Waals surface area contributed by atoms with Crippen molar-refractivity contribution in [1.29, 1.82) is 0 Å². The fraction of sp³-hybridized carbons (Fsp3) is 0.800. The largest absolute Gasteiger partial charge is 0.481 e. The Kier molecular flexibility index (Phi) is 9.49. The molecule has 2 heterocycles. The van der Waals surface area contributed by atoms with E-state index in [1.165, 1.54) is 0 Å². The second kappa shape index (κ2) is 11.3. The van der Waals surface area contributed by atoms with Crippen molar-refractivity contribution in [2.24, 2.45) is 17.8 Å². The lowest BCUT2D eigenvalue weighted by atomic mass is 9.85. The zero-order valence-electron chi connectivity index (χ0n) is 20.5. The molecule has 2 saturated heterocycles. The van der Waals surface area contributed by atoms with Gasteiger partial charge in [-0.3, -0.25) is 4.79 Å². The molecule has 2 aliphatic heterocycles. The summed E-state index contributed by atoms with van der Waals surface area (Å²) in [6.45, 7) is 11.9. The number of allylic oxidation sites excluding steroid dienone is 3. The Bertz CT molecular complexity index is 688. The smallest absolute Gasteiger partial charge is 0.305 e. The molecule has 0 spiro atoms. The highest BCUT2D eigenvalue weighted by Gasteiger charge is 2.56. The number of aliphatic carboxylic acids is 1. The van der Waals surface area contributed by atoms with Crippen molar-refractivity contribution >= 4 is 5.97 Å². The molecule has 3 N–H and O–H groups in total. The predicted octanol–water partition coefficient (Wildman–Crippen LogP) is 3.33. The van der Waals surface area contributed by atoms with E-state index in [2.05, 4.69) is 26.8 Å². The molecule has 10 atom stereocenters. The van der Waals surface area contributed by atoms with E-state index in [4.69, 9.17) is 19.3 Å². The first-order chi connectivity index (χ1) is 14.9. The lowest BCUT2D eigenvalue weighted by molar-refractivity contribution is -0.150. The number of carbonyl (C=O) groups is 1. The second-order valence-electron chi connectivity index (χ2n) is 10.1. The molecular formula is C25H42O7. The fourth-order valence-electron chi connectivity index (χ4n) is 5.23. The first kappa shape index (κ1) is 27.0. The molecule has 2 aliphatic rings. The average molecular weight is 455 g/mol. The van der Waals surface area contributed by atoms with Gasteiger partial charge in [0, 0.05) is 25.4 Å². The molecule has 1 unspecified atom stereocenters. The summed E-state index contributed by atoms with van der Waals surface area (Å²) in [6, 6.07) is 0. The van der Waals surface area contributed by atoms with Crippen molar-refractivity contribution in [3.05, 3.63) is 23.8 Å². The molecule has 184 valence electrons. The highest BCUT2D eigenvalue weighted by molar-refractivity contribution is 5.67. The number of methoxy groups -OCH3 is 1. The Labute approximate surface area is 192 Å². The summed E-state index contributed by atoms with van der Waals surface area (Å²) >= 11 is 0. The third-order valence-electron chi connectivity index (χ3n) is 6.99. The summed E-state index contributed by atoms with van der Waals surface area (Å²) in [5.74, 6) is -0.632. The van der Waals surface area contributed by atoms with Crippen LogP contribution >= 0.6 is 0 Å². The fourth-order valence-corrected chi connectivity index (χ4v) is 5.23. The second-order valence-corrected chi connectivity index (χ2v) is 10.1. The first-order valence-corrected chi connectivity index (χ1v) is 11.7. The number of aliphatic hydroxyl groups is 2. The minimum absolute atomic E-state index is 0.0549. The van der Waals surface area contributed by atoms with E-state index in [0.29, 0.717) is 6.42 Å². The lowest BCUT2D eigenvalue weighted by Crippen LogP contribution is -2.44. The van der Waals surface area contributed by atoms with Crippen molar-refractivity contribution in [2.75, 3.05) is 7.11 Å². The third kappa shape index (κ3) is 6.87. The molecule has 0 radical (unpaired) electrons. The highest BCUT2D eigenvalue weighted by atomic mass is 16.6. The van der Waals surface area contributed by atoms with E-state index in [1.54, 1.807) is 14.0 Å². The van der Waals surface area contributed by atoms with E-state index in [1.807, 2.05) is 26.0 Å². The van der Waals surface area contributed by atoms with Crippen LogP contribution in [0.3, 0.4) is 0 Å². The van der Waals surface area contributed by atoms with Gasteiger partial charge in [-0.15, -0.1) is 0 Å². The number of ether oxygens (including phenoxy) is 3. The topological polar surface area (TPSA) is 109 Å². The standard InChI is InChI=1S/C25H42O7/c1-14(13-25(6)24(32-25)17(4)23(30-7)18(5)26)9-8-10-15(2)22-16(3)20(27)11-19(31-22)12-21(28)29/h8-10,14,16-20,22-24,26-27H,11-13H2,1-7H3,(H,28,29)/b9-8+,15-10+/t14-,16+,17-,18-,19-,20?,22-,23-,24-,25-/m1/s1. The summed E-state index contributed by atoms with van der Waals surface area (Å²) in [7, 11) is 1.62. The molecule has 7 heteroatoms. The molecule has 2 fully saturated rings. The number of rotatable bonds is 11. The third-order valence-corrected chi connectivity index (χ3v) is 6.99. The highest BCUT2D eigenvalue weighted by Crippen LogP contribution is 2.47. The van der Waals surface area contributed by atoms with Gasteiger partial charge in [0.1, 0.15) is 0 Å². The molecular weight excluding hydrogens is 412 g/mol. The summed E-state index contributed by atoms with van der Waals surface area (Å²) in [5, 5.41) is 29.3. The van der Waals surface area contributed by atoms with Crippen molar-refractivity contribution in [3.8, 4) is 0 Å². The molecule has 0 aromatic carbocycles. The Balaban J connectivity index is 1.93. The zero-order valence-corrected chi connectivity index (χ0v) is 20.5. The van der Waals surface area contributed by atoms with Gasteiger partial charge in [0.05, 0.1) is 48.6 Å². The maximum absolute atomic E-state index is 11.0. The van der Waals surface area contributed by atoms with E-state index < -0.39 is 24.3 Å². The molecule has 32 heavy (non-hydrogen) atoms. The Hall–Kier alpha value is -1.25. The molecule has 0 amide bonds. The lowest BCUT2D eigenvalue weighted by Gasteiger charge is -2.38. The quantitative estimate of drug-likeness (QED) is 0.324. The van der Waals surface area contributed by atoms with Gasteiger partial charge in [0.2, 0.25) is 0 Å². The van der Waals surface area contributed by atoms with Crippen LogP contribution in [0.1, 0.15) is 60.8 Å². The zero-order chi connectivity index (χ0) is 24.2. The van der Waals surface area contributed by atoms with E-state index in [-0.39, 0.29) is 48.1 Å². The molecule has 2 rings (SSSR count). The summed E-state index contributed by atoms with van der Waals surface area (Å²) in [5.41, 5.74) is 0.735. The molecule has 0 saturated carbocycles. The van der Waals surface area contributed by atoms with Gasteiger partial charge in [0.15, 0.2) is 0 Å². The average Bonchev–Trinajstić information content (AvgIpc) is 3.34. The van der Waals surface area contributed by atoms with Gasteiger partial charge >= 0.3 is 5.97 Å². The van der Waals surface area contributed by atoms with Crippen molar-refractivity contribution < 1.29 is 34.3 Å². The number of hydrogen-bond donors (Lipinski definition) is 3. The number of epoxide rings is 1. The SMILES string of the molecule is CO[C@H]([C@@H](C)[C@H]1O[C@]1(C)C[C@H](C)/C=C/C=C(\C)[C@H]1O[C@@H](CC(=O)O)CC(O)[C@@H]1C)[C@@H](C)O. The normalized spacial score (nSPS) is 37.2. The number of carboxylic acid groups (broad SMARTS) is 1. The maximum atomic E-state index is 11.0. The van der Waals surface area contributed by atoms with E-state index >= 15 is 0 Å². The molecule has 0 bridgehead atoms. The minimum atomic E-state index is -0.917. The summed E-state index contributed by atoms with van der Waals surface area (Å²) in [6.07, 6.45) is 5.12. The van der Waals surface area contributed by atoms with E-state index in [9.17, 15) is 15.0 Å². The van der Waals surface area contributed by atoms with Crippen LogP contribution in [0.4, 0.5) is 0 Å². The van der Waals surface area contributed by atoms with Crippen LogP contribution in [0.25, 0.3) is 0 Å². The van der Waals surface area contributed by atoms with E-state index in [0.717, 1.165) is 12.0 Å². The molecule has 0 aliphatic carbocycles. The van der Waals surface area contributed by atoms with Crippen LogP contribution in [-0.2, 0) is 19.0 Å². The maximum Gasteiger partial charge on any atom is 0.305 e. The van der Waals surface area contributed by atoms with Crippen LogP contribution in [0.2, 0.25) is 0 Å². The van der Waals surface area contributed by atoms with Gasteiger partial charge in [-0.25, -0.2) is 0 Å². The minimum Gasteiger partial charge on any atom is -0.481 e. The van der Waals surface area contributed by atoms with Crippen molar-refractivity contribution in [3.63, 3.8) is 0 Å². The van der Waals surface area contributed by atoms with Crippen molar-refractivity contribution in [2.45, 2.75) is 103 Å². The Morgan fingerprint density at radius 2 is 1.97 bits per heavy atom. The van der Waals surface area contributed by atoms with Gasteiger partial charge in [-0.1, -0.05) is 39.0 Å². The van der Waals surface area contributed by atoms with Crippen LogP contribution in [0.15, 0.2) is 23.8 Å². The first-order valence-electron chi connectivity index (χ1n) is 11.7. The number of hydrogen-bond acceptors (Lipinski definition) is 6.